The molecule has 1 aliphatic carbocycles. The highest BCUT2D eigenvalue weighted by Gasteiger charge is 2.47. The first-order valence-corrected chi connectivity index (χ1v) is 9.50. The van der Waals surface area contributed by atoms with Gasteiger partial charge in [-0.25, -0.2) is 0 Å². The molecule has 2 rings (SSSR count). The molecule has 0 bridgehead atoms. The molecule has 24 heavy (non-hydrogen) atoms. The van der Waals surface area contributed by atoms with Gasteiger partial charge in [0.1, 0.15) is 6.10 Å². The fraction of sp³-hybridized carbons (Fsp3) is 0.750. The van der Waals surface area contributed by atoms with Gasteiger partial charge in [0.2, 0.25) is 0 Å². The predicted molar refractivity (Wildman–Crippen MR) is 94.4 cm³/mol. The Labute approximate surface area is 145 Å². The lowest BCUT2D eigenvalue weighted by Crippen LogP contribution is -2.22. The fourth-order valence-electron chi connectivity index (χ4n) is 3.39. The number of carbonyl (C=O) groups excluding carboxylic acids is 1. The minimum atomic E-state index is -0.564. The number of esters is 1. The van der Waals surface area contributed by atoms with Crippen LogP contribution in [0.3, 0.4) is 0 Å². The van der Waals surface area contributed by atoms with Crippen LogP contribution >= 0.6 is 0 Å². The lowest BCUT2D eigenvalue weighted by Gasteiger charge is -2.17. The van der Waals surface area contributed by atoms with Gasteiger partial charge in [-0.3, -0.25) is 4.79 Å². The largest absolute Gasteiger partial charge is 0.462 e. The van der Waals surface area contributed by atoms with Crippen LogP contribution < -0.4 is 0 Å². The van der Waals surface area contributed by atoms with Crippen LogP contribution in [0.5, 0.6) is 0 Å². The van der Waals surface area contributed by atoms with E-state index in [2.05, 4.69) is 19.1 Å². The normalized spacial score (nSPS) is 31.6. The summed E-state index contributed by atoms with van der Waals surface area (Å²) in [6.07, 6.45) is 14.4. The zero-order chi connectivity index (χ0) is 17.4. The third-order valence-electron chi connectivity index (χ3n) is 5.01. The van der Waals surface area contributed by atoms with Crippen molar-refractivity contribution in [2.24, 2.45) is 11.8 Å². The molecular weight excluding hydrogens is 304 g/mol. The second-order valence-electron chi connectivity index (χ2n) is 7.13. The number of allylic oxidation sites excluding steroid dienone is 1. The van der Waals surface area contributed by atoms with Crippen molar-refractivity contribution < 1.29 is 19.7 Å². The lowest BCUT2D eigenvalue weighted by atomic mass is 10.1. The van der Waals surface area contributed by atoms with Crippen LogP contribution in [0.25, 0.3) is 0 Å². The number of unbranched alkanes of at least 4 members (excludes halogenated alkanes) is 2. The Morgan fingerprint density at radius 1 is 1.29 bits per heavy atom. The Morgan fingerprint density at radius 3 is 2.92 bits per heavy atom. The zero-order valence-electron chi connectivity index (χ0n) is 14.8. The van der Waals surface area contributed by atoms with E-state index in [0.717, 1.165) is 51.4 Å². The monoisotopic (exact) mass is 336 g/mol. The molecule has 4 heteroatoms. The molecule has 4 nitrogen and oxygen atoms in total. The first-order chi connectivity index (χ1) is 11.6. The van der Waals surface area contributed by atoms with Gasteiger partial charge >= 0.3 is 5.97 Å². The van der Waals surface area contributed by atoms with Gasteiger partial charge < -0.3 is 14.9 Å². The molecule has 1 aliphatic heterocycles. The van der Waals surface area contributed by atoms with E-state index in [4.69, 9.17) is 4.74 Å². The van der Waals surface area contributed by atoms with Crippen LogP contribution in [-0.4, -0.2) is 34.5 Å². The maximum atomic E-state index is 11.8. The second kappa shape index (κ2) is 10.00. The van der Waals surface area contributed by atoms with E-state index in [0.29, 0.717) is 6.42 Å². The van der Waals surface area contributed by atoms with Gasteiger partial charge in [0.05, 0.1) is 12.2 Å². The van der Waals surface area contributed by atoms with Gasteiger partial charge in [0, 0.05) is 18.8 Å². The van der Waals surface area contributed by atoms with Crippen molar-refractivity contribution in [1.29, 1.82) is 0 Å². The molecule has 0 saturated heterocycles. The van der Waals surface area contributed by atoms with Crippen molar-refractivity contribution in [3.8, 4) is 0 Å². The van der Waals surface area contributed by atoms with E-state index >= 15 is 0 Å². The highest BCUT2D eigenvalue weighted by atomic mass is 16.5. The van der Waals surface area contributed by atoms with Crippen molar-refractivity contribution in [2.45, 2.75) is 83.0 Å². The van der Waals surface area contributed by atoms with Gasteiger partial charge in [0.25, 0.3) is 0 Å². The number of carbonyl (C=O) groups is 1. The lowest BCUT2D eigenvalue weighted by molar-refractivity contribution is -0.150. The minimum Gasteiger partial charge on any atom is -0.462 e. The molecule has 1 saturated carbocycles. The van der Waals surface area contributed by atoms with Crippen LogP contribution in [0.15, 0.2) is 24.3 Å². The third kappa shape index (κ3) is 6.40. The number of hydrogen-bond acceptors (Lipinski definition) is 4. The van der Waals surface area contributed by atoms with E-state index < -0.39 is 12.2 Å². The van der Waals surface area contributed by atoms with E-state index in [1.165, 1.54) is 0 Å². The van der Waals surface area contributed by atoms with Crippen molar-refractivity contribution in [3.05, 3.63) is 24.3 Å². The summed E-state index contributed by atoms with van der Waals surface area (Å²) in [6.45, 7) is 2.14. The summed E-state index contributed by atoms with van der Waals surface area (Å²) < 4.78 is 5.59. The van der Waals surface area contributed by atoms with Gasteiger partial charge in [0.15, 0.2) is 0 Å². The molecule has 5 atom stereocenters. The summed E-state index contributed by atoms with van der Waals surface area (Å²) in [5, 5.41) is 20.2. The first-order valence-electron chi connectivity index (χ1n) is 9.50. The molecule has 0 aromatic heterocycles. The van der Waals surface area contributed by atoms with Gasteiger partial charge in [-0.05, 0) is 31.6 Å². The summed E-state index contributed by atoms with van der Waals surface area (Å²) in [7, 11) is 0. The van der Waals surface area contributed by atoms with Crippen LogP contribution in [-0.2, 0) is 9.53 Å². The average Bonchev–Trinajstić information content (AvgIpc) is 3.34. The van der Waals surface area contributed by atoms with Crippen LogP contribution in [0, 0.1) is 11.8 Å². The Kier molecular flexibility index (Phi) is 8.00. The summed E-state index contributed by atoms with van der Waals surface area (Å²) in [5.74, 6) is 0.246. The SMILES string of the molecule is CCCCCC(O)/C=C/C(O)C1CC1C1C/C=C\CCCC(=O)O1. The molecule has 0 spiro atoms. The number of aliphatic hydroxyl groups excluding tert-OH is 2. The molecule has 0 amide bonds. The maximum Gasteiger partial charge on any atom is 0.306 e. The number of cyclic esters (lactones) is 1. The number of ether oxygens (including phenoxy) is 1. The first kappa shape index (κ1) is 19.2. The molecular formula is C20H32O4. The van der Waals surface area contributed by atoms with E-state index in [9.17, 15) is 15.0 Å². The number of aliphatic hydroxyl groups is 2. The molecule has 0 aromatic rings. The number of hydrogen-bond donors (Lipinski definition) is 2. The van der Waals surface area contributed by atoms with Crippen LogP contribution in [0.2, 0.25) is 0 Å². The highest BCUT2D eigenvalue weighted by Crippen LogP contribution is 2.46. The summed E-state index contributed by atoms with van der Waals surface area (Å²) in [6, 6.07) is 0. The van der Waals surface area contributed by atoms with Crippen molar-refractivity contribution in [1.82, 2.24) is 0 Å². The smallest absolute Gasteiger partial charge is 0.306 e. The summed E-state index contributed by atoms with van der Waals surface area (Å²) >= 11 is 0. The van der Waals surface area contributed by atoms with Crippen molar-refractivity contribution >= 4 is 5.97 Å². The Bertz CT molecular complexity index is 443. The zero-order valence-corrected chi connectivity index (χ0v) is 14.8. The molecule has 2 N–H and O–H groups in total. The molecule has 1 heterocycles. The minimum absolute atomic E-state index is 0.116. The molecule has 1 fully saturated rings. The summed E-state index contributed by atoms with van der Waals surface area (Å²) in [4.78, 5) is 11.8. The molecule has 136 valence electrons. The third-order valence-corrected chi connectivity index (χ3v) is 5.01. The Balaban J connectivity index is 1.78. The predicted octanol–water partition coefficient (Wildman–Crippen LogP) is 3.52. The average molecular weight is 336 g/mol. The topological polar surface area (TPSA) is 66.8 Å². The van der Waals surface area contributed by atoms with Crippen molar-refractivity contribution in [3.63, 3.8) is 0 Å². The quantitative estimate of drug-likeness (QED) is 0.404. The maximum absolute atomic E-state index is 11.8. The van der Waals surface area contributed by atoms with E-state index in [1.807, 2.05) is 0 Å². The fourth-order valence-corrected chi connectivity index (χ4v) is 3.39. The molecule has 2 aliphatic rings. The molecule has 0 aromatic carbocycles. The second-order valence-corrected chi connectivity index (χ2v) is 7.13. The highest BCUT2D eigenvalue weighted by molar-refractivity contribution is 5.69. The van der Waals surface area contributed by atoms with Gasteiger partial charge in [-0.1, -0.05) is 50.5 Å². The number of rotatable bonds is 8. The van der Waals surface area contributed by atoms with Gasteiger partial charge in [-0.2, -0.15) is 0 Å². The van der Waals surface area contributed by atoms with Crippen LogP contribution in [0.1, 0.15) is 64.7 Å². The van der Waals surface area contributed by atoms with Crippen molar-refractivity contribution in [2.75, 3.05) is 0 Å². The van der Waals surface area contributed by atoms with E-state index in [-0.39, 0.29) is 23.9 Å². The molecule has 5 unspecified atom stereocenters. The standard InChI is InChI=1S/C20H32O4/c1-2-3-6-9-15(21)12-13-18(22)16-14-17(16)19-10-7-4-5-8-11-20(23)24-19/h4,7,12-13,15-19,21-22H,2-3,5-6,8-11,14H2,1H3/b7-4-,13-12+. The van der Waals surface area contributed by atoms with Gasteiger partial charge in [-0.15, -0.1) is 0 Å². The summed E-state index contributed by atoms with van der Waals surface area (Å²) in [5.41, 5.74) is 0. The van der Waals surface area contributed by atoms with E-state index in [1.54, 1.807) is 12.2 Å². The van der Waals surface area contributed by atoms with Crippen LogP contribution in [0.4, 0.5) is 0 Å². The molecule has 0 radical (unpaired) electrons. The Hall–Kier alpha value is -1.13. The Morgan fingerprint density at radius 2 is 2.12 bits per heavy atom.